The van der Waals surface area contributed by atoms with Crippen molar-refractivity contribution in [3.8, 4) is 0 Å². The Morgan fingerprint density at radius 3 is 2.67 bits per heavy atom. The summed E-state index contributed by atoms with van der Waals surface area (Å²) >= 11 is 0. The van der Waals surface area contributed by atoms with Crippen LogP contribution in [0.4, 0.5) is 0 Å². The number of nitrogens with zero attached hydrogens (tertiary/aromatic N) is 4. The molecule has 0 spiro atoms. The highest BCUT2D eigenvalue weighted by molar-refractivity contribution is 14.0. The monoisotopic (exact) mass is 447 g/mol. The first-order valence-corrected chi connectivity index (χ1v) is 8.99. The zero-order chi connectivity index (χ0) is 16.7. The van der Waals surface area contributed by atoms with Gasteiger partial charge in [-0.3, -0.25) is 9.67 Å². The SMILES string of the molecule is CN=C(NCCCn1cc(C)cn1)N(C)CC1CCC(C)CC1.I. The second-order valence-corrected chi connectivity index (χ2v) is 7.11. The van der Waals surface area contributed by atoms with Crippen molar-refractivity contribution in [2.24, 2.45) is 16.8 Å². The van der Waals surface area contributed by atoms with Gasteiger partial charge < -0.3 is 10.2 Å². The van der Waals surface area contributed by atoms with Gasteiger partial charge in [0.25, 0.3) is 0 Å². The number of hydrogen-bond donors (Lipinski definition) is 1. The Morgan fingerprint density at radius 1 is 1.38 bits per heavy atom. The van der Waals surface area contributed by atoms with Gasteiger partial charge in [0.2, 0.25) is 0 Å². The molecule has 0 bridgehead atoms. The zero-order valence-electron chi connectivity index (χ0n) is 15.7. The standard InChI is InChI=1S/C18H33N5.HI/c1-15-6-8-17(9-7-15)14-22(4)18(19-3)20-10-5-11-23-13-16(2)12-21-23;/h12-13,15,17H,5-11,14H2,1-4H3,(H,19,20);1H. The lowest BCUT2D eigenvalue weighted by molar-refractivity contribution is 0.250. The van der Waals surface area contributed by atoms with Crippen molar-refractivity contribution < 1.29 is 0 Å². The van der Waals surface area contributed by atoms with Crippen molar-refractivity contribution in [2.75, 3.05) is 27.2 Å². The first-order chi connectivity index (χ1) is 11.1. The first-order valence-electron chi connectivity index (χ1n) is 8.99. The molecule has 2 rings (SSSR count). The lowest BCUT2D eigenvalue weighted by Gasteiger charge is -2.31. The number of nitrogens with one attached hydrogen (secondary N) is 1. The molecule has 0 aromatic carbocycles. The van der Waals surface area contributed by atoms with E-state index < -0.39 is 0 Å². The Labute approximate surface area is 164 Å². The minimum atomic E-state index is 0. The highest BCUT2D eigenvalue weighted by Crippen LogP contribution is 2.28. The topological polar surface area (TPSA) is 45.5 Å². The van der Waals surface area contributed by atoms with Crippen LogP contribution in [0.15, 0.2) is 17.4 Å². The van der Waals surface area contributed by atoms with Crippen LogP contribution in [-0.4, -0.2) is 47.8 Å². The molecule has 0 saturated heterocycles. The van der Waals surface area contributed by atoms with Gasteiger partial charge in [-0.25, -0.2) is 0 Å². The molecule has 0 atom stereocenters. The molecular formula is C18H34IN5. The maximum Gasteiger partial charge on any atom is 0.193 e. The average Bonchev–Trinajstić information content (AvgIpc) is 2.95. The van der Waals surface area contributed by atoms with Crippen molar-refractivity contribution in [3.63, 3.8) is 0 Å². The van der Waals surface area contributed by atoms with Crippen molar-refractivity contribution in [1.29, 1.82) is 0 Å². The van der Waals surface area contributed by atoms with Crippen LogP contribution in [0.5, 0.6) is 0 Å². The molecular weight excluding hydrogens is 413 g/mol. The fourth-order valence-corrected chi connectivity index (χ4v) is 3.40. The van der Waals surface area contributed by atoms with Crippen LogP contribution >= 0.6 is 24.0 Å². The average molecular weight is 447 g/mol. The fourth-order valence-electron chi connectivity index (χ4n) is 3.40. The van der Waals surface area contributed by atoms with E-state index in [4.69, 9.17) is 0 Å². The minimum absolute atomic E-state index is 0. The molecule has 0 aliphatic heterocycles. The van der Waals surface area contributed by atoms with E-state index >= 15 is 0 Å². The number of aliphatic imine (C=N–C) groups is 1. The molecule has 0 radical (unpaired) electrons. The number of aryl methyl sites for hydroxylation is 2. The molecule has 1 aliphatic rings. The second kappa shape index (κ2) is 10.9. The first kappa shape index (κ1) is 21.3. The van der Waals surface area contributed by atoms with Gasteiger partial charge in [-0.2, -0.15) is 5.10 Å². The summed E-state index contributed by atoms with van der Waals surface area (Å²) < 4.78 is 2.01. The quantitative estimate of drug-likeness (QED) is 0.314. The van der Waals surface area contributed by atoms with Crippen molar-refractivity contribution in [2.45, 2.75) is 52.5 Å². The fraction of sp³-hybridized carbons (Fsp3) is 0.778. The summed E-state index contributed by atoms with van der Waals surface area (Å²) in [6.45, 7) is 7.44. The largest absolute Gasteiger partial charge is 0.356 e. The summed E-state index contributed by atoms with van der Waals surface area (Å²) in [5.41, 5.74) is 1.22. The number of rotatable bonds is 6. The lowest BCUT2D eigenvalue weighted by atomic mass is 9.83. The molecule has 1 heterocycles. The zero-order valence-corrected chi connectivity index (χ0v) is 18.0. The Hall–Kier alpha value is -0.790. The van der Waals surface area contributed by atoms with E-state index in [1.54, 1.807) is 0 Å². The van der Waals surface area contributed by atoms with Crippen molar-refractivity contribution >= 4 is 29.9 Å². The molecule has 6 heteroatoms. The highest BCUT2D eigenvalue weighted by Gasteiger charge is 2.20. The van der Waals surface area contributed by atoms with Crippen LogP contribution in [0.2, 0.25) is 0 Å². The van der Waals surface area contributed by atoms with Gasteiger partial charge in [0.1, 0.15) is 0 Å². The number of guanidine groups is 1. The Kier molecular flexibility index (Phi) is 9.69. The van der Waals surface area contributed by atoms with Crippen LogP contribution < -0.4 is 5.32 Å². The van der Waals surface area contributed by atoms with Crippen LogP contribution in [0.25, 0.3) is 0 Å². The van der Waals surface area contributed by atoms with Gasteiger partial charge in [0.15, 0.2) is 5.96 Å². The summed E-state index contributed by atoms with van der Waals surface area (Å²) in [7, 11) is 4.03. The van der Waals surface area contributed by atoms with Crippen molar-refractivity contribution in [1.82, 2.24) is 20.0 Å². The summed E-state index contributed by atoms with van der Waals surface area (Å²) in [4.78, 5) is 6.72. The van der Waals surface area contributed by atoms with Gasteiger partial charge in [-0.05, 0) is 43.6 Å². The van der Waals surface area contributed by atoms with Gasteiger partial charge >= 0.3 is 0 Å². The molecule has 24 heavy (non-hydrogen) atoms. The summed E-state index contributed by atoms with van der Waals surface area (Å²) in [5.74, 6) is 2.75. The number of aromatic nitrogens is 2. The molecule has 0 unspecified atom stereocenters. The third-order valence-corrected chi connectivity index (χ3v) is 4.85. The molecule has 5 nitrogen and oxygen atoms in total. The van der Waals surface area contributed by atoms with E-state index in [9.17, 15) is 0 Å². The molecule has 1 N–H and O–H groups in total. The molecule has 138 valence electrons. The van der Waals surface area contributed by atoms with E-state index in [1.807, 2.05) is 17.9 Å². The minimum Gasteiger partial charge on any atom is -0.356 e. The Balaban J connectivity index is 0.00000288. The number of hydrogen-bond acceptors (Lipinski definition) is 2. The molecule has 1 aliphatic carbocycles. The van der Waals surface area contributed by atoms with Gasteiger partial charge in [-0.1, -0.05) is 19.8 Å². The van der Waals surface area contributed by atoms with E-state index in [2.05, 4.69) is 47.4 Å². The van der Waals surface area contributed by atoms with Crippen molar-refractivity contribution in [3.05, 3.63) is 18.0 Å². The van der Waals surface area contributed by atoms with Gasteiger partial charge in [0.05, 0.1) is 6.20 Å². The summed E-state index contributed by atoms with van der Waals surface area (Å²) in [6.07, 6.45) is 10.5. The predicted octanol–water partition coefficient (Wildman–Crippen LogP) is 3.53. The second-order valence-electron chi connectivity index (χ2n) is 7.11. The molecule has 1 saturated carbocycles. The van der Waals surface area contributed by atoms with Gasteiger partial charge in [-0.15, -0.1) is 24.0 Å². The third-order valence-electron chi connectivity index (χ3n) is 4.85. The van der Waals surface area contributed by atoms with E-state index in [0.717, 1.165) is 43.9 Å². The molecule has 1 aromatic heterocycles. The van der Waals surface area contributed by atoms with E-state index in [1.165, 1.54) is 31.2 Å². The Morgan fingerprint density at radius 2 is 2.08 bits per heavy atom. The molecule has 0 amide bonds. The highest BCUT2D eigenvalue weighted by atomic mass is 127. The Bertz CT molecular complexity index is 491. The van der Waals surface area contributed by atoms with Crippen LogP contribution in [0, 0.1) is 18.8 Å². The molecule has 1 aromatic rings. The maximum atomic E-state index is 4.43. The smallest absolute Gasteiger partial charge is 0.193 e. The van der Waals surface area contributed by atoms with Gasteiger partial charge in [0, 0.05) is 39.9 Å². The van der Waals surface area contributed by atoms with Crippen LogP contribution in [0.3, 0.4) is 0 Å². The van der Waals surface area contributed by atoms with Crippen LogP contribution in [0.1, 0.15) is 44.6 Å². The summed E-state index contributed by atoms with van der Waals surface area (Å²) in [6, 6.07) is 0. The normalized spacial score (nSPS) is 21.2. The van der Waals surface area contributed by atoms with E-state index in [0.29, 0.717) is 0 Å². The van der Waals surface area contributed by atoms with Crippen LogP contribution in [-0.2, 0) is 6.54 Å². The molecule has 1 fully saturated rings. The number of halogens is 1. The van der Waals surface area contributed by atoms with E-state index in [-0.39, 0.29) is 24.0 Å². The third kappa shape index (κ3) is 6.99. The maximum absolute atomic E-state index is 4.43. The predicted molar refractivity (Wildman–Crippen MR) is 112 cm³/mol. The lowest BCUT2D eigenvalue weighted by Crippen LogP contribution is -2.42. The summed E-state index contributed by atoms with van der Waals surface area (Å²) in [5, 5.41) is 7.80.